The molecule has 4 heteroatoms. The zero-order valence-electron chi connectivity index (χ0n) is 6.15. The molecule has 0 spiro atoms. The summed E-state index contributed by atoms with van der Waals surface area (Å²) >= 11 is 1.59. The predicted octanol–water partition coefficient (Wildman–Crippen LogP) is 0.514. The minimum atomic E-state index is -0.432. The highest BCUT2D eigenvalue weighted by atomic mass is 32.2. The minimum absolute atomic E-state index is 0.165. The molecule has 0 bridgehead atoms. The van der Waals surface area contributed by atoms with E-state index in [2.05, 4.69) is 0 Å². The van der Waals surface area contributed by atoms with Crippen LogP contribution in [0.4, 0.5) is 0 Å². The Kier molecular flexibility index (Phi) is 1.47. The third-order valence-electron chi connectivity index (χ3n) is 1.90. The molecule has 1 saturated heterocycles. The Morgan fingerprint density at radius 1 is 1.91 bits per heavy atom. The normalized spacial score (nSPS) is 31.1. The number of hydrogen-bond acceptors (Lipinski definition) is 3. The SMILES string of the molecule is CC(O)C1=CN2C(=O)C[C@@H]2S1. The third-order valence-corrected chi connectivity index (χ3v) is 3.28. The van der Waals surface area contributed by atoms with Crippen LogP contribution in [-0.2, 0) is 4.79 Å². The number of fused-ring (bicyclic) bond motifs is 1. The lowest BCUT2D eigenvalue weighted by Crippen LogP contribution is -2.44. The number of carbonyl (C=O) groups is 1. The van der Waals surface area contributed by atoms with Crippen LogP contribution in [0.25, 0.3) is 0 Å². The maximum absolute atomic E-state index is 10.9. The van der Waals surface area contributed by atoms with E-state index in [1.165, 1.54) is 0 Å². The van der Waals surface area contributed by atoms with Gasteiger partial charge >= 0.3 is 0 Å². The molecule has 0 aromatic carbocycles. The Balaban J connectivity index is 2.12. The Morgan fingerprint density at radius 3 is 3.09 bits per heavy atom. The van der Waals surface area contributed by atoms with Crippen molar-refractivity contribution in [2.45, 2.75) is 24.8 Å². The molecule has 0 saturated carbocycles. The van der Waals surface area contributed by atoms with Crippen LogP contribution in [0.1, 0.15) is 13.3 Å². The topological polar surface area (TPSA) is 40.5 Å². The molecule has 2 atom stereocenters. The molecular weight excluding hydrogens is 162 g/mol. The molecule has 1 N–H and O–H groups in total. The lowest BCUT2D eigenvalue weighted by atomic mass is 10.2. The molecule has 3 nitrogen and oxygen atoms in total. The van der Waals surface area contributed by atoms with Crippen molar-refractivity contribution >= 4 is 17.7 Å². The second-order valence-corrected chi connectivity index (χ2v) is 4.04. The van der Waals surface area contributed by atoms with E-state index in [9.17, 15) is 9.90 Å². The first kappa shape index (κ1) is 7.18. The number of thioether (sulfide) groups is 1. The fourth-order valence-corrected chi connectivity index (χ4v) is 2.39. The smallest absolute Gasteiger partial charge is 0.230 e. The monoisotopic (exact) mass is 171 g/mol. The molecule has 0 radical (unpaired) electrons. The number of β-lactam (4-membered cyclic amide) rings is 1. The number of rotatable bonds is 1. The minimum Gasteiger partial charge on any atom is -0.388 e. The van der Waals surface area contributed by atoms with Gasteiger partial charge in [-0.1, -0.05) is 0 Å². The van der Waals surface area contributed by atoms with E-state index >= 15 is 0 Å². The van der Waals surface area contributed by atoms with E-state index in [-0.39, 0.29) is 11.3 Å². The van der Waals surface area contributed by atoms with Crippen LogP contribution in [0.3, 0.4) is 0 Å². The molecule has 0 aromatic heterocycles. The van der Waals surface area contributed by atoms with Crippen molar-refractivity contribution in [2.24, 2.45) is 0 Å². The van der Waals surface area contributed by atoms with Crippen molar-refractivity contribution in [1.82, 2.24) is 4.90 Å². The van der Waals surface area contributed by atoms with Gasteiger partial charge in [0.15, 0.2) is 0 Å². The van der Waals surface area contributed by atoms with Gasteiger partial charge in [-0.2, -0.15) is 0 Å². The molecule has 2 aliphatic heterocycles. The van der Waals surface area contributed by atoms with Gasteiger partial charge < -0.3 is 10.0 Å². The largest absolute Gasteiger partial charge is 0.388 e. The zero-order chi connectivity index (χ0) is 8.01. The standard InChI is InChI=1S/C7H9NO2S/c1-4(9)5-3-8-6(10)2-7(8)11-5/h3-4,7,9H,2H2,1H3/t4?,7-/m0/s1. The first-order valence-corrected chi connectivity index (χ1v) is 4.44. The van der Waals surface area contributed by atoms with Crippen molar-refractivity contribution in [3.8, 4) is 0 Å². The van der Waals surface area contributed by atoms with Gasteiger partial charge in [0.05, 0.1) is 17.9 Å². The second kappa shape index (κ2) is 2.25. The molecule has 2 heterocycles. The summed E-state index contributed by atoms with van der Waals surface area (Å²) in [5.41, 5.74) is 0. The molecule has 2 rings (SSSR count). The van der Waals surface area contributed by atoms with Crippen molar-refractivity contribution in [3.63, 3.8) is 0 Å². The van der Waals surface area contributed by atoms with Crippen LogP contribution in [0.15, 0.2) is 11.1 Å². The second-order valence-electron chi connectivity index (χ2n) is 2.79. The Morgan fingerprint density at radius 2 is 2.64 bits per heavy atom. The number of carbonyl (C=O) groups excluding carboxylic acids is 1. The number of hydrogen-bond donors (Lipinski definition) is 1. The summed E-state index contributed by atoms with van der Waals surface area (Å²) in [6.45, 7) is 1.72. The van der Waals surface area contributed by atoms with Crippen LogP contribution in [0, 0.1) is 0 Å². The third kappa shape index (κ3) is 0.973. The Hall–Kier alpha value is -0.480. The van der Waals surface area contributed by atoms with Gasteiger partial charge in [0, 0.05) is 11.1 Å². The fraction of sp³-hybridized carbons (Fsp3) is 0.571. The van der Waals surface area contributed by atoms with E-state index in [0.717, 1.165) is 4.91 Å². The Labute approximate surface area is 69.1 Å². The average Bonchev–Trinajstić information content (AvgIpc) is 2.26. The van der Waals surface area contributed by atoms with Gasteiger partial charge in [-0.05, 0) is 6.92 Å². The summed E-state index contributed by atoms with van der Waals surface area (Å²) in [6.07, 6.45) is 1.95. The maximum atomic E-state index is 10.9. The van der Waals surface area contributed by atoms with Gasteiger partial charge in [0.1, 0.15) is 0 Å². The molecule has 60 valence electrons. The molecule has 0 aromatic rings. The molecule has 2 aliphatic rings. The lowest BCUT2D eigenvalue weighted by molar-refractivity contribution is -0.137. The number of aliphatic hydroxyl groups is 1. The predicted molar refractivity (Wildman–Crippen MR) is 42.6 cm³/mol. The average molecular weight is 171 g/mol. The van der Waals surface area contributed by atoms with Gasteiger partial charge in [0.2, 0.25) is 5.91 Å². The van der Waals surface area contributed by atoms with Crippen LogP contribution in [-0.4, -0.2) is 27.4 Å². The highest BCUT2D eigenvalue weighted by Crippen LogP contribution is 2.42. The molecule has 0 aliphatic carbocycles. The summed E-state index contributed by atoms with van der Waals surface area (Å²) in [5, 5.41) is 9.46. The summed E-state index contributed by atoms with van der Waals surface area (Å²) in [6, 6.07) is 0. The van der Waals surface area contributed by atoms with Gasteiger partial charge in [-0.25, -0.2) is 0 Å². The highest BCUT2D eigenvalue weighted by Gasteiger charge is 2.41. The van der Waals surface area contributed by atoms with E-state index in [4.69, 9.17) is 0 Å². The van der Waals surface area contributed by atoms with Gasteiger partial charge in [0.25, 0.3) is 0 Å². The molecule has 1 amide bonds. The molecule has 1 unspecified atom stereocenters. The van der Waals surface area contributed by atoms with Crippen molar-refractivity contribution < 1.29 is 9.90 Å². The van der Waals surface area contributed by atoms with Gasteiger partial charge in [-0.15, -0.1) is 11.8 Å². The molecule has 11 heavy (non-hydrogen) atoms. The highest BCUT2D eigenvalue weighted by molar-refractivity contribution is 8.04. The summed E-state index contributed by atoms with van der Waals surface area (Å²) in [7, 11) is 0. The number of nitrogens with zero attached hydrogens (tertiary/aromatic N) is 1. The van der Waals surface area contributed by atoms with E-state index in [1.807, 2.05) is 0 Å². The summed E-state index contributed by atoms with van der Waals surface area (Å²) < 4.78 is 0. The van der Waals surface area contributed by atoms with Crippen molar-refractivity contribution in [1.29, 1.82) is 0 Å². The first-order chi connectivity index (χ1) is 5.18. The lowest BCUT2D eigenvalue weighted by Gasteiger charge is -2.31. The summed E-state index contributed by atoms with van der Waals surface area (Å²) in [4.78, 5) is 13.5. The quantitative estimate of drug-likeness (QED) is 0.584. The van der Waals surface area contributed by atoms with Crippen LogP contribution < -0.4 is 0 Å². The van der Waals surface area contributed by atoms with Crippen molar-refractivity contribution in [2.75, 3.05) is 0 Å². The summed E-state index contributed by atoms with van der Waals surface area (Å²) in [5.74, 6) is 0.165. The Bertz CT molecular complexity index is 237. The fourth-order valence-electron chi connectivity index (χ4n) is 1.19. The van der Waals surface area contributed by atoms with E-state index in [1.54, 1.807) is 29.8 Å². The van der Waals surface area contributed by atoms with E-state index < -0.39 is 6.10 Å². The number of amides is 1. The van der Waals surface area contributed by atoms with Crippen LogP contribution >= 0.6 is 11.8 Å². The zero-order valence-corrected chi connectivity index (χ0v) is 6.97. The van der Waals surface area contributed by atoms with Crippen molar-refractivity contribution in [3.05, 3.63) is 11.1 Å². The van der Waals surface area contributed by atoms with Crippen LogP contribution in [0.5, 0.6) is 0 Å². The first-order valence-electron chi connectivity index (χ1n) is 3.56. The molecule has 1 fully saturated rings. The van der Waals surface area contributed by atoms with Gasteiger partial charge in [-0.3, -0.25) is 4.79 Å². The van der Waals surface area contributed by atoms with E-state index in [0.29, 0.717) is 6.42 Å². The maximum Gasteiger partial charge on any atom is 0.230 e. The molecular formula is C7H9NO2S. The number of aliphatic hydroxyl groups excluding tert-OH is 1. The van der Waals surface area contributed by atoms with Crippen LogP contribution in [0.2, 0.25) is 0 Å².